The van der Waals surface area contributed by atoms with Crippen molar-refractivity contribution in [2.24, 2.45) is 0 Å². The second-order valence-electron chi connectivity index (χ2n) is 4.60. The van der Waals surface area contributed by atoms with Crippen LogP contribution in [-0.4, -0.2) is 16.7 Å². The SMILES string of the molecule is Nc1cc(CN2C(=O)c3ccccc3C2=O)ccc1Cl. The maximum Gasteiger partial charge on any atom is 0.261 e. The summed E-state index contributed by atoms with van der Waals surface area (Å²) in [5, 5.41) is 0.455. The summed E-state index contributed by atoms with van der Waals surface area (Å²) in [5.74, 6) is -0.557. The molecule has 0 atom stereocenters. The topological polar surface area (TPSA) is 63.4 Å². The molecule has 0 saturated carbocycles. The van der Waals surface area contributed by atoms with Gasteiger partial charge in [-0.2, -0.15) is 0 Å². The molecule has 0 aliphatic carbocycles. The van der Waals surface area contributed by atoms with Crippen molar-refractivity contribution >= 4 is 29.1 Å². The molecule has 0 radical (unpaired) electrons. The fourth-order valence-corrected chi connectivity index (χ4v) is 2.37. The van der Waals surface area contributed by atoms with Gasteiger partial charge in [0.1, 0.15) is 0 Å². The third-order valence-electron chi connectivity index (χ3n) is 3.28. The number of anilines is 1. The third kappa shape index (κ3) is 1.94. The van der Waals surface area contributed by atoms with Crippen LogP contribution in [0.1, 0.15) is 26.3 Å². The Kier molecular flexibility index (Phi) is 2.95. The zero-order valence-electron chi connectivity index (χ0n) is 10.5. The molecule has 100 valence electrons. The number of nitrogens with zero attached hydrogens (tertiary/aromatic N) is 1. The van der Waals surface area contributed by atoms with E-state index in [2.05, 4.69) is 0 Å². The highest BCUT2D eigenvalue weighted by atomic mass is 35.5. The highest BCUT2D eigenvalue weighted by Crippen LogP contribution is 2.26. The molecule has 5 heteroatoms. The fourth-order valence-electron chi connectivity index (χ4n) is 2.26. The first-order valence-corrected chi connectivity index (χ1v) is 6.45. The molecule has 2 N–H and O–H groups in total. The Labute approximate surface area is 120 Å². The van der Waals surface area contributed by atoms with Crippen LogP contribution in [0, 0.1) is 0 Å². The van der Waals surface area contributed by atoms with E-state index in [1.807, 2.05) is 0 Å². The second-order valence-corrected chi connectivity index (χ2v) is 5.01. The maximum absolute atomic E-state index is 12.2. The van der Waals surface area contributed by atoms with Crippen molar-refractivity contribution in [1.29, 1.82) is 0 Å². The number of hydrogen-bond donors (Lipinski definition) is 1. The van der Waals surface area contributed by atoms with E-state index in [4.69, 9.17) is 17.3 Å². The molecule has 20 heavy (non-hydrogen) atoms. The van der Waals surface area contributed by atoms with E-state index in [1.165, 1.54) is 4.90 Å². The maximum atomic E-state index is 12.2. The summed E-state index contributed by atoms with van der Waals surface area (Å²) in [6, 6.07) is 11.9. The smallest absolute Gasteiger partial charge is 0.261 e. The van der Waals surface area contributed by atoms with Crippen molar-refractivity contribution in [3.8, 4) is 0 Å². The minimum Gasteiger partial charge on any atom is -0.398 e. The molecule has 0 aromatic heterocycles. The summed E-state index contributed by atoms with van der Waals surface area (Å²) in [7, 11) is 0. The first-order valence-electron chi connectivity index (χ1n) is 6.07. The van der Waals surface area contributed by atoms with Gasteiger partial charge in [-0.3, -0.25) is 14.5 Å². The molecular weight excluding hydrogens is 276 g/mol. The molecule has 2 amide bonds. The molecule has 0 unspecified atom stereocenters. The molecule has 1 aliphatic rings. The molecule has 0 fully saturated rings. The number of hydrogen-bond acceptors (Lipinski definition) is 3. The zero-order valence-corrected chi connectivity index (χ0v) is 11.2. The van der Waals surface area contributed by atoms with Gasteiger partial charge in [-0.05, 0) is 29.8 Å². The Morgan fingerprint density at radius 1 is 1.00 bits per heavy atom. The van der Waals surface area contributed by atoms with E-state index in [0.717, 1.165) is 5.56 Å². The van der Waals surface area contributed by atoms with Crippen LogP contribution in [-0.2, 0) is 6.54 Å². The van der Waals surface area contributed by atoms with Gasteiger partial charge in [0.2, 0.25) is 0 Å². The van der Waals surface area contributed by atoms with E-state index < -0.39 is 0 Å². The van der Waals surface area contributed by atoms with Gasteiger partial charge in [0, 0.05) is 0 Å². The summed E-state index contributed by atoms with van der Waals surface area (Å²) < 4.78 is 0. The number of carbonyl (C=O) groups is 2. The number of benzene rings is 2. The summed E-state index contributed by atoms with van der Waals surface area (Å²) >= 11 is 5.86. The Bertz CT molecular complexity index is 693. The number of imide groups is 1. The lowest BCUT2D eigenvalue weighted by atomic mass is 10.1. The van der Waals surface area contributed by atoms with Crippen LogP contribution in [0.5, 0.6) is 0 Å². The predicted octanol–water partition coefficient (Wildman–Crippen LogP) is 2.72. The van der Waals surface area contributed by atoms with E-state index >= 15 is 0 Å². The lowest BCUT2D eigenvalue weighted by Gasteiger charge is -2.14. The molecule has 2 aromatic rings. The number of rotatable bonds is 2. The van der Waals surface area contributed by atoms with Gasteiger partial charge >= 0.3 is 0 Å². The standard InChI is InChI=1S/C15H11ClN2O2/c16-12-6-5-9(7-13(12)17)8-18-14(19)10-3-1-2-4-11(10)15(18)20/h1-7H,8,17H2. The molecule has 0 spiro atoms. The zero-order chi connectivity index (χ0) is 14.3. The fraction of sp³-hybridized carbons (Fsp3) is 0.0667. The van der Waals surface area contributed by atoms with E-state index in [0.29, 0.717) is 21.8 Å². The first-order chi connectivity index (χ1) is 9.58. The third-order valence-corrected chi connectivity index (χ3v) is 3.62. The Hall–Kier alpha value is -2.33. The Morgan fingerprint density at radius 3 is 2.15 bits per heavy atom. The normalized spacial score (nSPS) is 13.8. The molecule has 0 bridgehead atoms. The van der Waals surface area contributed by atoms with Crippen LogP contribution in [0.2, 0.25) is 5.02 Å². The van der Waals surface area contributed by atoms with Crippen molar-refractivity contribution < 1.29 is 9.59 Å². The largest absolute Gasteiger partial charge is 0.398 e. The molecule has 0 saturated heterocycles. The first kappa shape index (κ1) is 12.7. The molecule has 3 rings (SSSR count). The van der Waals surface area contributed by atoms with Crippen molar-refractivity contribution in [3.63, 3.8) is 0 Å². The highest BCUT2D eigenvalue weighted by molar-refractivity contribution is 6.33. The Balaban J connectivity index is 1.91. The van der Waals surface area contributed by atoms with Crippen LogP contribution in [0.25, 0.3) is 0 Å². The van der Waals surface area contributed by atoms with Crippen LogP contribution >= 0.6 is 11.6 Å². The average molecular weight is 287 g/mol. The summed E-state index contributed by atoms with van der Waals surface area (Å²) in [6.45, 7) is 0.188. The molecular formula is C15H11ClN2O2. The number of fused-ring (bicyclic) bond motifs is 1. The number of nitrogen functional groups attached to an aromatic ring is 1. The number of amides is 2. The lowest BCUT2D eigenvalue weighted by molar-refractivity contribution is 0.0642. The molecule has 4 nitrogen and oxygen atoms in total. The summed E-state index contributed by atoms with van der Waals surface area (Å²) in [6.07, 6.45) is 0. The van der Waals surface area contributed by atoms with Crippen LogP contribution in [0.3, 0.4) is 0 Å². The molecule has 2 aromatic carbocycles. The minimum absolute atomic E-state index is 0.188. The van der Waals surface area contributed by atoms with Gasteiger partial charge in [-0.25, -0.2) is 0 Å². The Morgan fingerprint density at radius 2 is 1.60 bits per heavy atom. The van der Waals surface area contributed by atoms with Gasteiger partial charge < -0.3 is 5.73 Å². The summed E-state index contributed by atoms with van der Waals surface area (Å²) in [5.41, 5.74) is 7.81. The predicted molar refractivity (Wildman–Crippen MR) is 76.5 cm³/mol. The number of nitrogens with two attached hydrogens (primary N) is 1. The average Bonchev–Trinajstić information content (AvgIpc) is 2.69. The second kappa shape index (κ2) is 4.65. The lowest BCUT2D eigenvalue weighted by Crippen LogP contribution is -2.29. The number of halogens is 1. The number of carbonyl (C=O) groups excluding carboxylic acids is 2. The van der Waals surface area contributed by atoms with E-state index in [9.17, 15) is 9.59 Å². The van der Waals surface area contributed by atoms with Crippen LogP contribution in [0.4, 0.5) is 5.69 Å². The van der Waals surface area contributed by atoms with Crippen molar-refractivity contribution in [1.82, 2.24) is 4.90 Å². The minimum atomic E-state index is -0.279. The van der Waals surface area contributed by atoms with Gasteiger partial charge in [-0.1, -0.05) is 29.8 Å². The highest BCUT2D eigenvalue weighted by Gasteiger charge is 2.34. The van der Waals surface area contributed by atoms with Crippen molar-refractivity contribution in [2.45, 2.75) is 6.54 Å². The van der Waals surface area contributed by atoms with Gasteiger partial charge in [0.05, 0.1) is 28.4 Å². The van der Waals surface area contributed by atoms with Crippen molar-refractivity contribution in [3.05, 3.63) is 64.2 Å². The van der Waals surface area contributed by atoms with Gasteiger partial charge in [-0.15, -0.1) is 0 Å². The molecule has 1 aliphatic heterocycles. The summed E-state index contributed by atoms with van der Waals surface area (Å²) in [4.78, 5) is 25.6. The van der Waals surface area contributed by atoms with Gasteiger partial charge in [0.25, 0.3) is 11.8 Å². The molecule has 1 heterocycles. The monoisotopic (exact) mass is 286 g/mol. The van der Waals surface area contributed by atoms with E-state index in [-0.39, 0.29) is 18.4 Å². The quantitative estimate of drug-likeness (QED) is 0.682. The van der Waals surface area contributed by atoms with Crippen LogP contribution in [0.15, 0.2) is 42.5 Å². The van der Waals surface area contributed by atoms with Crippen LogP contribution < -0.4 is 5.73 Å². The van der Waals surface area contributed by atoms with Crippen molar-refractivity contribution in [2.75, 3.05) is 5.73 Å². The van der Waals surface area contributed by atoms with Gasteiger partial charge in [0.15, 0.2) is 0 Å². The van der Waals surface area contributed by atoms with E-state index in [1.54, 1.807) is 42.5 Å².